The average molecular weight is 342 g/mol. The molecule has 1 aromatic heterocycles. The van der Waals surface area contributed by atoms with Crippen LogP contribution in [0, 0.1) is 0 Å². The number of benzene rings is 2. The van der Waals surface area contributed by atoms with Gasteiger partial charge in [0, 0.05) is 24.6 Å². The van der Waals surface area contributed by atoms with Gasteiger partial charge < -0.3 is 14.6 Å². The number of aromatic nitrogens is 2. The second-order valence-corrected chi connectivity index (χ2v) is 5.54. The lowest BCUT2D eigenvalue weighted by molar-refractivity contribution is -0.123. The van der Waals surface area contributed by atoms with E-state index in [-0.39, 0.29) is 12.5 Å². The summed E-state index contributed by atoms with van der Waals surface area (Å²) >= 11 is 5.97. The number of imidazole rings is 1. The van der Waals surface area contributed by atoms with E-state index in [1.165, 1.54) is 0 Å². The van der Waals surface area contributed by atoms with Crippen molar-refractivity contribution in [2.45, 2.75) is 6.54 Å². The fourth-order valence-electron chi connectivity index (χ4n) is 2.15. The summed E-state index contributed by atoms with van der Waals surface area (Å²) in [7, 11) is 0. The number of nitrogens with one attached hydrogen (secondary N) is 1. The molecule has 0 fully saturated rings. The van der Waals surface area contributed by atoms with Crippen LogP contribution < -0.4 is 10.1 Å². The Kier molecular flexibility index (Phi) is 5.13. The summed E-state index contributed by atoms with van der Waals surface area (Å²) in [6.07, 6.45) is 5.35. The zero-order valence-corrected chi connectivity index (χ0v) is 13.6. The molecule has 0 atom stereocenters. The minimum atomic E-state index is -0.200. The maximum atomic E-state index is 11.9. The van der Waals surface area contributed by atoms with Crippen molar-refractivity contribution in [1.29, 1.82) is 0 Å². The van der Waals surface area contributed by atoms with Crippen molar-refractivity contribution >= 4 is 17.5 Å². The predicted octanol–water partition coefficient (Wildman–Crippen LogP) is 3.22. The first-order chi connectivity index (χ1) is 11.7. The zero-order valence-electron chi connectivity index (χ0n) is 12.9. The summed E-state index contributed by atoms with van der Waals surface area (Å²) in [6.45, 7) is 0.367. The van der Waals surface area contributed by atoms with E-state index >= 15 is 0 Å². The molecular formula is C18H16ClN3O2. The Hall–Kier alpha value is -2.79. The van der Waals surface area contributed by atoms with Gasteiger partial charge in [-0.1, -0.05) is 35.9 Å². The first-order valence-electron chi connectivity index (χ1n) is 7.44. The molecule has 24 heavy (non-hydrogen) atoms. The first-order valence-corrected chi connectivity index (χ1v) is 7.81. The molecule has 0 aliphatic rings. The van der Waals surface area contributed by atoms with Crippen LogP contribution in [0.5, 0.6) is 5.75 Å². The van der Waals surface area contributed by atoms with Gasteiger partial charge in [0.15, 0.2) is 6.61 Å². The molecule has 1 N–H and O–H groups in total. The number of carbonyl (C=O) groups is 1. The fourth-order valence-corrected chi connectivity index (χ4v) is 2.34. The average Bonchev–Trinajstić information content (AvgIpc) is 3.14. The second-order valence-electron chi connectivity index (χ2n) is 5.13. The van der Waals surface area contributed by atoms with E-state index < -0.39 is 0 Å². The van der Waals surface area contributed by atoms with E-state index in [0.717, 1.165) is 11.3 Å². The minimum absolute atomic E-state index is 0.0726. The number of rotatable bonds is 6. The summed E-state index contributed by atoms with van der Waals surface area (Å²) in [5.41, 5.74) is 2.02. The molecule has 0 bridgehead atoms. The van der Waals surface area contributed by atoms with Crippen molar-refractivity contribution in [2.24, 2.45) is 0 Å². The molecule has 1 heterocycles. The molecule has 0 aliphatic heterocycles. The van der Waals surface area contributed by atoms with Gasteiger partial charge in [0.25, 0.3) is 5.91 Å². The van der Waals surface area contributed by atoms with Crippen LogP contribution in [-0.4, -0.2) is 22.1 Å². The fraction of sp³-hybridized carbons (Fsp3) is 0.111. The number of carbonyl (C=O) groups excluding carboxylic acids is 1. The third-order valence-corrected chi connectivity index (χ3v) is 3.74. The van der Waals surface area contributed by atoms with E-state index in [1.807, 2.05) is 41.1 Å². The van der Waals surface area contributed by atoms with Gasteiger partial charge in [0.1, 0.15) is 5.75 Å². The Morgan fingerprint density at radius 2 is 1.96 bits per heavy atom. The molecular weight excluding hydrogens is 326 g/mol. The van der Waals surface area contributed by atoms with Gasteiger partial charge in [-0.2, -0.15) is 0 Å². The maximum absolute atomic E-state index is 11.9. The van der Waals surface area contributed by atoms with Crippen LogP contribution in [0.2, 0.25) is 5.02 Å². The smallest absolute Gasteiger partial charge is 0.258 e. The Bertz CT molecular complexity index is 801. The third kappa shape index (κ3) is 4.14. The number of nitrogens with zero attached hydrogens (tertiary/aromatic N) is 2. The summed E-state index contributed by atoms with van der Waals surface area (Å²) < 4.78 is 7.32. The van der Waals surface area contributed by atoms with Gasteiger partial charge in [0.2, 0.25) is 0 Å². The number of hydrogen-bond acceptors (Lipinski definition) is 3. The van der Waals surface area contributed by atoms with Crippen molar-refractivity contribution in [3.63, 3.8) is 0 Å². The highest BCUT2D eigenvalue weighted by atomic mass is 35.5. The molecule has 0 spiro atoms. The van der Waals surface area contributed by atoms with E-state index in [0.29, 0.717) is 17.3 Å². The molecule has 0 saturated carbocycles. The van der Waals surface area contributed by atoms with Crippen LogP contribution in [-0.2, 0) is 11.3 Å². The second kappa shape index (κ2) is 7.66. The number of amides is 1. The summed E-state index contributed by atoms with van der Waals surface area (Å²) in [4.78, 5) is 15.9. The Morgan fingerprint density at radius 1 is 1.17 bits per heavy atom. The van der Waals surface area contributed by atoms with Gasteiger partial charge in [-0.15, -0.1) is 0 Å². The molecule has 0 aliphatic carbocycles. The highest BCUT2D eigenvalue weighted by Gasteiger charge is 2.05. The summed E-state index contributed by atoms with van der Waals surface area (Å²) in [6, 6.07) is 14.9. The Labute approximate surface area is 144 Å². The van der Waals surface area contributed by atoms with Gasteiger partial charge in [-0.25, -0.2) is 4.98 Å². The van der Waals surface area contributed by atoms with Crippen molar-refractivity contribution in [2.75, 3.05) is 6.61 Å². The molecule has 3 rings (SSSR count). The zero-order chi connectivity index (χ0) is 16.8. The maximum Gasteiger partial charge on any atom is 0.258 e. The SMILES string of the molecule is O=C(COc1ccccc1Cl)NCc1ccc(-n2ccnc2)cc1. The van der Waals surface area contributed by atoms with Crippen LogP contribution in [0.15, 0.2) is 67.3 Å². The minimum Gasteiger partial charge on any atom is -0.482 e. The molecule has 2 aromatic carbocycles. The molecule has 1 amide bonds. The largest absolute Gasteiger partial charge is 0.482 e. The first kappa shape index (κ1) is 16.1. The molecule has 122 valence electrons. The predicted molar refractivity (Wildman–Crippen MR) is 92.4 cm³/mol. The molecule has 6 heteroatoms. The standard InChI is InChI=1S/C18H16ClN3O2/c19-16-3-1-2-4-17(16)24-12-18(23)21-11-14-5-7-15(8-6-14)22-10-9-20-13-22/h1-10,13H,11-12H2,(H,21,23). The van der Waals surface area contributed by atoms with Crippen molar-refractivity contribution < 1.29 is 9.53 Å². The number of halogens is 1. The molecule has 5 nitrogen and oxygen atoms in total. The third-order valence-electron chi connectivity index (χ3n) is 3.42. The van der Waals surface area contributed by atoms with Crippen LogP contribution >= 0.6 is 11.6 Å². The monoisotopic (exact) mass is 341 g/mol. The Balaban J connectivity index is 1.48. The van der Waals surface area contributed by atoms with E-state index in [4.69, 9.17) is 16.3 Å². The van der Waals surface area contributed by atoms with Crippen LogP contribution in [0.25, 0.3) is 5.69 Å². The van der Waals surface area contributed by atoms with Crippen LogP contribution in [0.4, 0.5) is 0 Å². The highest BCUT2D eigenvalue weighted by molar-refractivity contribution is 6.32. The van der Waals surface area contributed by atoms with Gasteiger partial charge in [0.05, 0.1) is 11.3 Å². The van der Waals surface area contributed by atoms with Crippen molar-refractivity contribution in [3.8, 4) is 11.4 Å². The summed E-state index contributed by atoms with van der Waals surface area (Å²) in [5, 5.41) is 3.30. The number of ether oxygens (including phenoxy) is 1. The lowest BCUT2D eigenvalue weighted by atomic mass is 10.2. The molecule has 0 unspecified atom stereocenters. The molecule has 0 radical (unpaired) electrons. The van der Waals surface area contributed by atoms with Crippen molar-refractivity contribution in [1.82, 2.24) is 14.9 Å². The quantitative estimate of drug-likeness (QED) is 0.749. The number of hydrogen-bond donors (Lipinski definition) is 1. The molecule has 0 saturated heterocycles. The van der Waals surface area contributed by atoms with Gasteiger partial charge >= 0.3 is 0 Å². The van der Waals surface area contributed by atoms with Gasteiger partial charge in [-0.3, -0.25) is 4.79 Å². The van der Waals surface area contributed by atoms with E-state index in [2.05, 4.69) is 10.3 Å². The van der Waals surface area contributed by atoms with E-state index in [1.54, 1.807) is 30.7 Å². The molecule has 3 aromatic rings. The highest BCUT2D eigenvalue weighted by Crippen LogP contribution is 2.22. The topological polar surface area (TPSA) is 56.1 Å². The summed E-state index contributed by atoms with van der Waals surface area (Å²) in [5.74, 6) is 0.299. The lowest BCUT2D eigenvalue weighted by Gasteiger charge is -2.09. The Morgan fingerprint density at radius 3 is 2.67 bits per heavy atom. The van der Waals surface area contributed by atoms with Crippen LogP contribution in [0.1, 0.15) is 5.56 Å². The van der Waals surface area contributed by atoms with Gasteiger partial charge in [-0.05, 0) is 29.8 Å². The van der Waals surface area contributed by atoms with E-state index in [9.17, 15) is 4.79 Å². The van der Waals surface area contributed by atoms with Crippen molar-refractivity contribution in [3.05, 3.63) is 77.8 Å². The van der Waals surface area contributed by atoms with Crippen LogP contribution in [0.3, 0.4) is 0 Å². The normalized spacial score (nSPS) is 10.4. The number of para-hydroxylation sites is 1. The lowest BCUT2D eigenvalue weighted by Crippen LogP contribution is -2.28.